The van der Waals surface area contributed by atoms with E-state index in [0.29, 0.717) is 16.9 Å². The third kappa shape index (κ3) is 4.49. The fraction of sp³-hybridized carbons (Fsp3) is 0.143. The minimum Gasteiger partial charge on any atom is -0.452 e. The van der Waals surface area contributed by atoms with Gasteiger partial charge in [0, 0.05) is 17.5 Å². The molecule has 3 rings (SSSR count). The minimum absolute atomic E-state index is 0.185. The predicted octanol–water partition coefficient (Wildman–Crippen LogP) is 2.47. The van der Waals surface area contributed by atoms with Gasteiger partial charge in [0.05, 0.1) is 16.9 Å². The van der Waals surface area contributed by atoms with Crippen LogP contribution in [0.25, 0.3) is 5.69 Å². The summed E-state index contributed by atoms with van der Waals surface area (Å²) in [5.74, 6) is -1.42. The lowest BCUT2D eigenvalue weighted by atomic mass is 10.1. The molecule has 1 amide bonds. The topological polar surface area (TPSA) is 110 Å². The molecule has 0 aliphatic heterocycles. The van der Waals surface area contributed by atoms with Crippen molar-refractivity contribution in [1.29, 1.82) is 0 Å². The Hall–Kier alpha value is -3.94. The molecule has 8 nitrogen and oxygen atoms in total. The molecule has 0 fully saturated rings. The highest BCUT2D eigenvalue weighted by molar-refractivity contribution is 6.04. The van der Waals surface area contributed by atoms with Crippen LogP contribution >= 0.6 is 0 Å². The van der Waals surface area contributed by atoms with Crippen molar-refractivity contribution < 1.29 is 19.1 Å². The summed E-state index contributed by atoms with van der Waals surface area (Å²) >= 11 is 0. The van der Waals surface area contributed by atoms with E-state index in [1.807, 2.05) is 0 Å². The number of nitrogens with one attached hydrogen (secondary N) is 2. The lowest BCUT2D eigenvalue weighted by Gasteiger charge is -2.10. The molecule has 0 spiro atoms. The lowest BCUT2D eigenvalue weighted by molar-refractivity contribution is -0.119. The summed E-state index contributed by atoms with van der Waals surface area (Å²) in [5.41, 5.74) is 2.03. The maximum atomic E-state index is 12.2. The third-order valence-corrected chi connectivity index (χ3v) is 4.24. The number of benzene rings is 2. The molecule has 0 radical (unpaired) electrons. The number of amides is 1. The molecule has 148 valence electrons. The zero-order valence-corrected chi connectivity index (χ0v) is 15.9. The molecule has 0 saturated heterocycles. The van der Waals surface area contributed by atoms with Gasteiger partial charge in [-0.25, -0.2) is 9.59 Å². The first-order valence-corrected chi connectivity index (χ1v) is 8.81. The van der Waals surface area contributed by atoms with Crippen LogP contribution in [-0.4, -0.2) is 33.8 Å². The van der Waals surface area contributed by atoms with Gasteiger partial charge in [-0.2, -0.15) is 0 Å². The maximum absolute atomic E-state index is 12.2. The quantitative estimate of drug-likeness (QED) is 0.494. The van der Waals surface area contributed by atoms with E-state index in [2.05, 4.69) is 10.3 Å². The largest absolute Gasteiger partial charge is 0.452 e. The molecule has 2 aromatic carbocycles. The van der Waals surface area contributed by atoms with Crippen molar-refractivity contribution in [3.63, 3.8) is 0 Å². The summed E-state index contributed by atoms with van der Waals surface area (Å²) in [6.07, 6.45) is 1.59. The van der Waals surface area contributed by atoms with Gasteiger partial charge in [0.1, 0.15) is 0 Å². The first kappa shape index (κ1) is 19.8. The number of aromatic amines is 1. The fourth-order valence-corrected chi connectivity index (χ4v) is 2.82. The van der Waals surface area contributed by atoms with Crippen LogP contribution < -0.4 is 11.0 Å². The number of anilines is 1. The van der Waals surface area contributed by atoms with Crippen LogP contribution in [0.15, 0.2) is 59.5 Å². The SMILES string of the molecule is CC(=O)c1ccccc1NC(=O)COC(=O)c1ccc(-n2c(C)c[nH]c2=O)cc1. The fourth-order valence-electron chi connectivity index (χ4n) is 2.82. The first-order chi connectivity index (χ1) is 13.9. The van der Waals surface area contributed by atoms with Crippen molar-refractivity contribution in [2.75, 3.05) is 11.9 Å². The molecule has 0 bridgehead atoms. The standard InChI is InChI=1S/C21H19N3O5/c1-13-11-22-21(28)24(13)16-9-7-15(8-10-16)20(27)29-12-19(26)23-18-6-4-3-5-17(18)14(2)25/h3-11H,12H2,1-2H3,(H,22,28)(H,23,26). The second-order valence-corrected chi connectivity index (χ2v) is 6.34. The average Bonchev–Trinajstić information content (AvgIpc) is 3.04. The van der Waals surface area contributed by atoms with Crippen LogP contribution in [0.4, 0.5) is 5.69 Å². The van der Waals surface area contributed by atoms with Gasteiger partial charge in [-0.15, -0.1) is 0 Å². The number of esters is 1. The number of H-pyrrole nitrogens is 1. The monoisotopic (exact) mass is 393 g/mol. The van der Waals surface area contributed by atoms with Crippen molar-refractivity contribution in [3.8, 4) is 5.69 Å². The van der Waals surface area contributed by atoms with Gasteiger partial charge in [-0.1, -0.05) is 12.1 Å². The zero-order chi connectivity index (χ0) is 21.0. The van der Waals surface area contributed by atoms with E-state index in [-0.39, 0.29) is 17.0 Å². The van der Waals surface area contributed by atoms with Crippen LogP contribution in [0.1, 0.15) is 33.3 Å². The van der Waals surface area contributed by atoms with Gasteiger partial charge in [0.15, 0.2) is 12.4 Å². The Bertz CT molecular complexity index is 1130. The molecule has 0 unspecified atom stereocenters. The van der Waals surface area contributed by atoms with Crippen LogP contribution in [0, 0.1) is 6.92 Å². The van der Waals surface area contributed by atoms with E-state index in [0.717, 1.165) is 5.69 Å². The van der Waals surface area contributed by atoms with E-state index in [4.69, 9.17) is 4.74 Å². The van der Waals surface area contributed by atoms with E-state index < -0.39 is 18.5 Å². The number of imidazole rings is 1. The number of rotatable bonds is 6. The second-order valence-electron chi connectivity index (χ2n) is 6.34. The number of para-hydroxylation sites is 1. The van der Waals surface area contributed by atoms with Crippen LogP contribution in [-0.2, 0) is 9.53 Å². The average molecular weight is 393 g/mol. The van der Waals surface area contributed by atoms with E-state index in [1.165, 1.54) is 23.6 Å². The Kier molecular flexibility index (Phi) is 5.73. The highest BCUT2D eigenvalue weighted by Gasteiger charge is 2.13. The number of carbonyl (C=O) groups is 3. The van der Waals surface area contributed by atoms with Gasteiger partial charge in [0.25, 0.3) is 5.91 Å². The van der Waals surface area contributed by atoms with Crippen molar-refractivity contribution >= 4 is 23.3 Å². The predicted molar refractivity (Wildman–Crippen MR) is 106 cm³/mol. The van der Waals surface area contributed by atoms with Crippen molar-refractivity contribution in [2.45, 2.75) is 13.8 Å². The number of carbonyl (C=O) groups excluding carboxylic acids is 3. The summed E-state index contributed by atoms with van der Waals surface area (Å²) in [4.78, 5) is 50.2. The second kappa shape index (κ2) is 8.39. The molecule has 0 saturated carbocycles. The molecule has 3 aromatic rings. The molecule has 1 heterocycles. The van der Waals surface area contributed by atoms with Gasteiger partial charge in [0.2, 0.25) is 0 Å². The van der Waals surface area contributed by atoms with E-state index >= 15 is 0 Å². The minimum atomic E-state index is -0.676. The van der Waals surface area contributed by atoms with Gasteiger partial charge in [-0.3, -0.25) is 14.2 Å². The summed E-state index contributed by atoms with van der Waals surface area (Å²) in [5, 5.41) is 2.56. The molecule has 8 heteroatoms. The van der Waals surface area contributed by atoms with Crippen LogP contribution in [0.5, 0.6) is 0 Å². The normalized spacial score (nSPS) is 10.4. The Balaban J connectivity index is 1.62. The van der Waals surface area contributed by atoms with Gasteiger partial charge >= 0.3 is 11.7 Å². The van der Waals surface area contributed by atoms with E-state index in [9.17, 15) is 19.2 Å². The number of aromatic nitrogens is 2. The Labute approximate surface area is 166 Å². The van der Waals surface area contributed by atoms with Crippen molar-refractivity contribution in [3.05, 3.63) is 82.0 Å². The number of hydrogen-bond donors (Lipinski definition) is 2. The molecule has 0 atom stereocenters. The number of ether oxygens (including phenoxy) is 1. The van der Waals surface area contributed by atoms with Crippen molar-refractivity contribution in [2.24, 2.45) is 0 Å². The van der Waals surface area contributed by atoms with Gasteiger partial charge < -0.3 is 15.0 Å². The molecular weight excluding hydrogens is 374 g/mol. The first-order valence-electron chi connectivity index (χ1n) is 8.81. The summed E-state index contributed by atoms with van der Waals surface area (Å²) < 4.78 is 6.50. The number of hydrogen-bond acceptors (Lipinski definition) is 5. The lowest BCUT2D eigenvalue weighted by Crippen LogP contribution is -2.22. The maximum Gasteiger partial charge on any atom is 0.338 e. The zero-order valence-electron chi connectivity index (χ0n) is 15.9. The van der Waals surface area contributed by atoms with Crippen LogP contribution in [0.2, 0.25) is 0 Å². The summed E-state index contributed by atoms with van der Waals surface area (Å²) in [6, 6.07) is 12.8. The molecule has 0 aliphatic carbocycles. The summed E-state index contributed by atoms with van der Waals surface area (Å²) in [6.45, 7) is 2.68. The molecule has 1 aromatic heterocycles. The Morgan fingerprint density at radius 1 is 1.07 bits per heavy atom. The molecule has 29 heavy (non-hydrogen) atoms. The van der Waals surface area contributed by atoms with Gasteiger partial charge in [-0.05, 0) is 50.2 Å². The third-order valence-electron chi connectivity index (χ3n) is 4.24. The Morgan fingerprint density at radius 2 is 1.76 bits per heavy atom. The number of Topliss-reactive ketones (excluding diaryl/α,β-unsaturated/α-hetero) is 1. The smallest absolute Gasteiger partial charge is 0.338 e. The number of nitrogens with zero attached hydrogens (tertiary/aromatic N) is 1. The highest BCUT2D eigenvalue weighted by atomic mass is 16.5. The van der Waals surface area contributed by atoms with E-state index in [1.54, 1.807) is 49.5 Å². The highest BCUT2D eigenvalue weighted by Crippen LogP contribution is 2.15. The molecule has 2 N–H and O–H groups in total. The van der Waals surface area contributed by atoms with Crippen molar-refractivity contribution in [1.82, 2.24) is 9.55 Å². The molecular formula is C21H19N3O5. The molecule has 0 aliphatic rings. The Morgan fingerprint density at radius 3 is 2.38 bits per heavy atom. The number of aryl methyl sites for hydroxylation is 1. The van der Waals surface area contributed by atoms with Crippen LogP contribution in [0.3, 0.4) is 0 Å². The summed E-state index contributed by atoms with van der Waals surface area (Å²) in [7, 11) is 0. The number of ketones is 1.